The first kappa shape index (κ1) is 13.2. The van der Waals surface area contributed by atoms with E-state index >= 15 is 0 Å². The quantitative estimate of drug-likeness (QED) is 0.514. The SMILES string of the molecule is NC(=O)CCn1ccc(=O)nc1SCC(=O)O. The Labute approximate surface area is 101 Å². The highest BCUT2D eigenvalue weighted by Crippen LogP contribution is 2.13. The fourth-order valence-corrected chi connectivity index (χ4v) is 1.78. The fourth-order valence-electron chi connectivity index (χ4n) is 1.06. The molecule has 1 heterocycles. The number of nitrogens with two attached hydrogens (primary N) is 1. The van der Waals surface area contributed by atoms with Crippen LogP contribution in [0.2, 0.25) is 0 Å². The van der Waals surface area contributed by atoms with Crippen molar-refractivity contribution in [3.63, 3.8) is 0 Å². The summed E-state index contributed by atoms with van der Waals surface area (Å²) in [6, 6.07) is 1.24. The fraction of sp³-hybridized carbons (Fsp3) is 0.333. The average Bonchev–Trinajstić information content (AvgIpc) is 2.24. The smallest absolute Gasteiger partial charge is 0.313 e. The molecule has 1 amide bonds. The molecule has 1 aromatic heterocycles. The minimum Gasteiger partial charge on any atom is -0.481 e. The minimum atomic E-state index is -1.01. The van der Waals surface area contributed by atoms with Gasteiger partial charge in [0.05, 0.1) is 5.75 Å². The van der Waals surface area contributed by atoms with Gasteiger partial charge in [-0.15, -0.1) is 0 Å². The van der Waals surface area contributed by atoms with Crippen LogP contribution in [0.25, 0.3) is 0 Å². The molecule has 0 fully saturated rings. The number of thioether (sulfide) groups is 1. The van der Waals surface area contributed by atoms with Crippen molar-refractivity contribution >= 4 is 23.6 Å². The van der Waals surface area contributed by atoms with Gasteiger partial charge in [0.2, 0.25) is 5.91 Å². The normalized spacial score (nSPS) is 10.1. The van der Waals surface area contributed by atoms with E-state index in [2.05, 4.69) is 4.98 Å². The molecule has 0 aliphatic carbocycles. The van der Waals surface area contributed by atoms with Crippen LogP contribution in [0, 0.1) is 0 Å². The van der Waals surface area contributed by atoms with Crippen LogP contribution in [0.1, 0.15) is 6.42 Å². The summed E-state index contributed by atoms with van der Waals surface area (Å²) < 4.78 is 1.53. The Bertz CT molecular complexity index is 485. The number of amides is 1. The highest BCUT2D eigenvalue weighted by molar-refractivity contribution is 7.99. The van der Waals surface area contributed by atoms with E-state index in [0.717, 1.165) is 11.8 Å². The molecule has 0 aromatic carbocycles. The number of carbonyl (C=O) groups is 2. The van der Waals surface area contributed by atoms with Crippen molar-refractivity contribution in [1.82, 2.24) is 9.55 Å². The highest BCUT2D eigenvalue weighted by atomic mass is 32.2. The summed E-state index contributed by atoms with van der Waals surface area (Å²) >= 11 is 0.921. The van der Waals surface area contributed by atoms with Gasteiger partial charge in [-0.05, 0) is 0 Å². The van der Waals surface area contributed by atoms with E-state index < -0.39 is 17.4 Å². The number of carboxylic acid groups (broad SMARTS) is 1. The number of carbonyl (C=O) groups excluding carboxylic acids is 1. The van der Waals surface area contributed by atoms with Crippen LogP contribution in [0.15, 0.2) is 22.2 Å². The molecule has 0 aliphatic rings. The van der Waals surface area contributed by atoms with Crippen LogP contribution in [-0.4, -0.2) is 32.3 Å². The Hall–Kier alpha value is -1.83. The topological polar surface area (TPSA) is 115 Å². The van der Waals surface area contributed by atoms with Crippen molar-refractivity contribution in [2.24, 2.45) is 5.73 Å². The Morgan fingerprint density at radius 3 is 2.82 bits per heavy atom. The van der Waals surface area contributed by atoms with Gasteiger partial charge in [-0.3, -0.25) is 14.4 Å². The molecule has 0 saturated carbocycles. The van der Waals surface area contributed by atoms with E-state index in [0.29, 0.717) is 0 Å². The number of hydrogen-bond acceptors (Lipinski definition) is 5. The first-order valence-corrected chi connectivity index (χ1v) is 5.68. The number of nitrogens with zero attached hydrogens (tertiary/aromatic N) is 2. The molecule has 0 atom stereocenters. The molecule has 0 spiro atoms. The van der Waals surface area contributed by atoms with Crippen molar-refractivity contribution in [2.45, 2.75) is 18.1 Å². The van der Waals surface area contributed by atoms with Gasteiger partial charge < -0.3 is 15.4 Å². The largest absolute Gasteiger partial charge is 0.481 e. The number of aryl methyl sites for hydroxylation is 1. The summed E-state index contributed by atoms with van der Waals surface area (Å²) in [6.07, 6.45) is 1.56. The second kappa shape index (κ2) is 6.04. The second-order valence-corrected chi connectivity index (χ2v) is 4.08. The summed E-state index contributed by atoms with van der Waals surface area (Å²) in [6.45, 7) is 0.268. The van der Waals surface area contributed by atoms with Gasteiger partial charge >= 0.3 is 5.97 Å². The van der Waals surface area contributed by atoms with E-state index in [9.17, 15) is 14.4 Å². The van der Waals surface area contributed by atoms with E-state index in [1.807, 2.05) is 0 Å². The first-order valence-electron chi connectivity index (χ1n) is 4.69. The molecule has 0 aliphatic heterocycles. The van der Waals surface area contributed by atoms with Crippen molar-refractivity contribution in [3.05, 3.63) is 22.6 Å². The second-order valence-electron chi connectivity index (χ2n) is 3.14. The molecule has 92 valence electrons. The third-order valence-corrected chi connectivity index (χ3v) is 2.75. The van der Waals surface area contributed by atoms with Gasteiger partial charge in [0, 0.05) is 25.2 Å². The summed E-state index contributed by atoms with van der Waals surface area (Å²) in [5.41, 5.74) is 4.56. The van der Waals surface area contributed by atoms with Crippen molar-refractivity contribution in [1.29, 1.82) is 0 Å². The summed E-state index contributed by atoms with van der Waals surface area (Å²) in [5.74, 6) is -1.68. The molecule has 8 heteroatoms. The zero-order valence-corrected chi connectivity index (χ0v) is 9.64. The lowest BCUT2D eigenvalue weighted by Gasteiger charge is -2.09. The highest BCUT2D eigenvalue weighted by Gasteiger charge is 2.07. The van der Waals surface area contributed by atoms with Crippen molar-refractivity contribution < 1.29 is 14.7 Å². The van der Waals surface area contributed by atoms with Gasteiger partial charge in [0.1, 0.15) is 0 Å². The molecule has 1 aromatic rings. The molecule has 0 saturated heterocycles. The number of aromatic nitrogens is 2. The van der Waals surface area contributed by atoms with Gasteiger partial charge in [-0.1, -0.05) is 11.8 Å². The van der Waals surface area contributed by atoms with E-state index in [1.165, 1.54) is 16.8 Å². The lowest BCUT2D eigenvalue weighted by molar-refractivity contribution is -0.134. The zero-order chi connectivity index (χ0) is 12.8. The van der Waals surface area contributed by atoms with Crippen molar-refractivity contribution in [2.75, 3.05) is 5.75 Å². The van der Waals surface area contributed by atoms with Crippen LogP contribution >= 0.6 is 11.8 Å². The summed E-state index contributed by atoms with van der Waals surface area (Å²) in [4.78, 5) is 35.8. The van der Waals surface area contributed by atoms with Gasteiger partial charge in [0.25, 0.3) is 5.56 Å². The molecular formula is C9H11N3O4S. The lowest BCUT2D eigenvalue weighted by atomic mass is 10.4. The maximum absolute atomic E-state index is 11.0. The molecule has 0 unspecified atom stereocenters. The first-order chi connectivity index (χ1) is 7.99. The predicted octanol–water partition coefficient (Wildman–Crippen LogP) is -0.705. The van der Waals surface area contributed by atoms with Gasteiger partial charge in [-0.2, -0.15) is 4.98 Å². The van der Waals surface area contributed by atoms with Crippen LogP contribution in [0.3, 0.4) is 0 Å². The van der Waals surface area contributed by atoms with Crippen LogP contribution in [0.4, 0.5) is 0 Å². The standard InChI is InChI=1S/C9H11N3O4S/c10-6(13)1-3-12-4-2-7(14)11-9(12)17-5-8(15)16/h2,4H,1,3,5H2,(H2,10,13)(H,15,16). The average molecular weight is 257 g/mol. The Balaban J connectivity index is 2.83. The van der Waals surface area contributed by atoms with Gasteiger partial charge in [0.15, 0.2) is 5.16 Å². The number of carboxylic acids is 1. The molecule has 7 nitrogen and oxygen atoms in total. The Morgan fingerprint density at radius 1 is 1.53 bits per heavy atom. The lowest BCUT2D eigenvalue weighted by Crippen LogP contribution is -2.18. The third kappa shape index (κ3) is 4.68. The Morgan fingerprint density at radius 2 is 2.24 bits per heavy atom. The molecular weight excluding hydrogens is 246 g/mol. The van der Waals surface area contributed by atoms with E-state index in [-0.39, 0.29) is 23.9 Å². The minimum absolute atomic E-state index is 0.102. The van der Waals surface area contributed by atoms with Crippen molar-refractivity contribution in [3.8, 4) is 0 Å². The summed E-state index contributed by atoms with van der Waals surface area (Å²) in [5, 5.41) is 8.81. The molecule has 0 bridgehead atoms. The van der Waals surface area contributed by atoms with Gasteiger partial charge in [-0.25, -0.2) is 0 Å². The number of aliphatic carboxylic acids is 1. The van der Waals surface area contributed by atoms with E-state index in [4.69, 9.17) is 10.8 Å². The molecule has 1 rings (SSSR count). The third-order valence-electron chi connectivity index (χ3n) is 1.77. The zero-order valence-electron chi connectivity index (χ0n) is 8.83. The Kier molecular flexibility index (Phi) is 4.70. The maximum atomic E-state index is 11.0. The van der Waals surface area contributed by atoms with Crippen LogP contribution < -0.4 is 11.3 Å². The number of primary amides is 1. The molecule has 3 N–H and O–H groups in total. The van der Waals surface area contributed by atoms with Crippen LogP contribution in [0.5, 0.6) is 0 Å². The number of hydrogen-bond donors (Lipinski definition) is 2. The molecule has 0 radical (unpaired) electrons. The van der Waals surface area contributed by atoms with Crippen LogP contribution in [-0.2, 0) is 16.1 Å². The summed E-state index contributed by atoms with van der Waals surface area (Å²) in [7, 11) is 0. The molecule has 17 heavy (non-hydrogen) atoms. The van der Waals surface area contributed by atoms with E-state index in [1.54, 1.807) is 0 Å². The predicted molar refractivity (Wildman–Crippen MR) is 60.7 cm³/mol. The monoisotopic (exact) mass is 257 g/mol. The maximum Gasteiger partial charge on any atom is 0.313 e. The number of rotatable bonds is 6.